The Morgan fingerprint density at radius 2 is 2.22 bits per heavy atom. The van der Waals surface area contributed by atoms with Gasteiger partial charge in [-0.3, -0.25) is 4.90 Å². The van der Waals surface area contributed by atoms with Crippen molar-refractivity contribution in [1.29, 1.82) is 0 Å². The third-order valence-corrected chi connectivity index (χ3v) is 3.88. The van der Waals surface area contributed by atoms with Crippen LogP contribution in [0.15, 0.2) is 18.2 Å². The SMILES string of the molecule is Cc1ccc(O)c(CN(C)C2CCCN(C)C2)c1. The van der Waals surface area contributed by atoms with Crippen LogP contribution in [0, 0.1) is 6.92 Å². The average molecular weight is 248 g/mol. The molecule has 1 atom stereocenters. The van der Waals surface area contributed by atoms with Crippen molar-refractivity contribution in [2.24, 2.45) is 0 Å². The quantitative estimate of drug-likeness (QED) is 0.888. The maximum atomic E-state index is 9.90. The van der Waals surface area contributed by atoms with Crippen LogP contribution < -0.4 is 0 Å². The summed E-state index contributed by atoms with van der Waals surface area (Å²) in [6.45, 7) is 5.23. The first kappa shape index (κ1) is 13.4. The Kier molecular flexibility index (Phi) is 4.25. The van der Waals surface area contributed by atoms with Crippen LogP contribution in [0.3, 0.4) is 0 Å². The van der Waals surface area contributed by atoms with E-state index < -0.39 is 0 Å². The van der Waals surface area contributed by atoms with E-state index in [0.717, 1.165) is 18.7 Å². The molecule has 0 radical (unpaired) electrons. The van der Waals surface area contributed by atoms with Gasteiger partial charge < -0.3 is 10.0 Å². The highest BCUT2D eigenvalue weighted by Crippen LogP contribution is 2.22. The molecule has 1 heterocycles. The van der Waals surface area contributed by atoms with Crippen LogP contribution in [0.25, 0.3) is 0 Å². The van der Waals surface area contributed by atoms with E-state index in [1.165, 1.54) is 24.9 Å². The lowest BCUT2D eigenvalue weighted by molar-refractivity contribution is 0.129. The van der Waals surface area contributed by atoms with Gasteiger partial charge in [0.25, 0.3) is 0 Å². The van der Waals surface area contributed by atoms with Crippen LogP contribution in [-0.2, 0) is 6.54 Å². The molecule has 1 saturated heterocycles. The van der Waals surface area contributed by atoms with Crippen molar-refractivity contribution in [3.05, 3.63) is 29.3 Å². The lowest BCUT2D eigenvalue weighted by Crippen LogP contribution is -2.44. The fourth-order valence-electron chi connectivity index (χ4n) is 2.74. The van der Waals surface area contributed by atoms with E-state index in [0.29, 0.717) is 11.8 Å². The summed E-state index contributed by atoms with van der Waals surface area (Å²) in [5.74, 6) is 0.414. The van der Waals surface area contributed by atoms with Crippen LogP contribution in [0.5, 0.6) is 5.75 Å². The summed E-state index contributed by atoms with van der Waals surface area (Å²) in [5, 5.41) is 9.90. The second-order valence-electron chi connectivity index (χ2n) is 5.61. The summed E-state index contributed by atoms with van der Waals surface area (Å²) in [4.78, 5) is 4.75. The number of benzene rings is 1. The zero-order valence-electron chi connectivity index (χ0n) is 11.7. The number of piperidine rings is 1. The predicted molar refractivity (Wildman–Crippen MR) is 74.8 cm³/mol. The van der Waals surface area contributed by atoms with Gasteiger partial charge in [0.1, 0.15) is 5.75 Å². The molecule has 18 heavy (non-hydrogen) atoms. The number of hydrogen-bond donors (Lipinski definition) is 1. The second-order valence-corrected chi connectivity index (χ2v) is 5.61. The van der Waals surface area contributed by atoms with E-state index >= 15 is 0 Å². The number of phenolic OH excluding ortho intramolecular Hbond substituents is 1. The minimum absolute atomic E-state index is 0.414. The Bertz CT molecular complexity index is 405. The number of aryl methyl sites for hydroxylation is 1. The Morgan fingerprint density at radius 1 is 1.44 bits per heavy atom. The maximum Gasteiger partial charge on any atom is 0.120 e. The summed E-state index contributed by atoms with van der Waals surface area (Å²) >= 11 is 0. The van der Waals surface area contributed by atoms with Crippen molar-refractivity contribution in [3.63, 3.8) is 0 Å². The molecule has 0 aliphatic carbocycles. The number of likely N-dealkylation sites (tertiary alicyclic amines) is 1. The Labute approximate surface area is 110 Å². The largest absolute Gasteiger partial charge is 0.508 e. The predicted octanol–water partition coefficient (Wildman–Crippen LogP) is 2.23. The molecule has 1 aliphatic heterocycles. The van der Waals surface area contributed by atoms with E-state index in [9.17, 15) is 5.11 Å². The summed E-state index contributed by atoms with van der Waals surface area (Å²) < 4.78 is 0. The number of likely N-dealkylation sites (N-methyl/N-ethyl adjacent to an activating group) is 2. The first-order valence-corrected chi connectivity index (χ1v) is 6.73. The minimum atomic E-state index is 0.414. The molecule has 1 aromatic rings. The van der Waals surface area contributed by atoms with Gasteiger partial charge in [0.15, 0.2) is 0 Å². The molecular weight excluding hydrogens is 224 g/mol. The van der Waals surface area contributed by atoms with Gasteiger partial charge in [-0.2, -0.15) is 0 Å². The minimum Gasteiger partial charge on any atom is -0.508 e. The smallest absolute Gasteiger partial charge is 0.120 e. The van der Waals surface area contributed by atoms with Crippen molar-refractivity contribution in [3.8, 4) is 5.75 Å². The van der Waals surface area contributed by atoms with Gasteiger partial charge >= 0.3 is 0 Å². The van der Waals surface area contributed by atoms with E-state index in [1.807, 2.05) is 6.07 Å². The van der Waals surface area contributed by atoms with Gasteiger partial charge in [-0.15, -0.1) is 0 Å². The summed E-state index contributed by atoms with van der Waals surface area (Å²) in [6.07, 6.45) is 2.53. The highest BCUT2D eigenvalue weighted by molar-refractivity contribution is 5.35. The van der Waals surface area contributed by atoms with Gasteiger partial charge in [0, 0.05) is 24.7 Å². The normalized spacial score (nSPS) is 21.4. The Morgan fingerprint density at radius 3 is 2.94 bits per heavy atom. The van der Waals surface area contributed by atoms with E-state index in [1.54, 1.807) is 6.07 Å². The third-order valence-electron chi connectivity index (χ3n) is 3.88. The van der Waals surface area contributed by atoms with Crippen LogP contribution in [0.4, 0.5) is 0 Å². The molecule has 3 heteroatoms. The molecule has 100 valence electrons. The lowest BCUT2D eigenvalue weighted by Gasteiger charge is -2.36. The molecule has 1 aromatic carbocycles. The van der Waals surface area contributed by atoms with Gasteiger partial charge in [-0.1, -0.05) is 17.7 Å². The highest BCUT2D eigenvalue weighted by atomic mass is 16.3. The lowest BCUT2D eigenvalue weighted by atomic mass is 10.0. The summed E-state index contributed by atoms with van der Waals surface area (Å²) in [6, 6.07) is 6.43. The summed E-state index contributed by atoms with van der Waals surface area (Å²) in [5.41, 5.74) is 2.24. The number of phenols is 1. The monoisotopic (exact) mass is 248 g/mol. The van der Waals surface area contributed by atoms with Gasteiger partial charge in [0.05, 0.1) is 0 Å². The zero-order chi connectivity index (χ0) is 13.1. The van der Waals surface area contributed by atoms with Gasteiger partial charge in [-0.05, 0) is 46.5 Å². The molecule has 1 fully saturated rings. The molecule has 1 aliphatic rings. The van der Waals surface area contributed by atoms with E-state index in [4.69, 9.17) is 0 Å². The number of rotatable bonds is 3. The van der Waals surface area contributed by atoms with Crippen LogP contribution >= 0.6 is 0 Å². The maximum absolute atomic E-state index is 9.90. The molecular formula is C15H24N2O. The Balaban J connectivity index is 2.01. The van der Waals surface area contributed by atoms with Crippen LogP contribution in [0.1, 0.15) is 24.0 Å². The van der Waals surface area contributed by atoms with Crippen molar-refractivity contribution < 1.29 is 5.11 Å². The standard InChI is InChI=1S/C15H24N2O/c1-12-6-7-15(18)13(9-12)10-17(3)14-5-4-8-16(2)11-14/h6-7,9,14,18H,4-5,8,10-11H2,1-3H3. The Hall–Kier alpha value is -1.06. The van der Waals surface area contributed by atoms with Crippen molar-refractivity contribution in [2.75, 3.05) is 27.2 Å². The van der Waals surface area contributed by atoms with Crippen LogP contribution in [0.2, 0.25) is 0 Å². The van der Waals surface area contributed by atoms with E-state index in [2.05, 4.69) is 36.9 Å². The molecule has 1 N–H and O–H groups in total. The first-order valence-electron chi connectivity index (χ1n) is 6.73. The number of aromatic hydroxyl groups is 1. The fraction of sp³-hybridized carbons (Fsp3) is 0.600. The third kappa shape index (κ3) is 3.24. The highest BCUT2D eigenvalue weighted by Gasteiger charge is 2.21. The van der Waals surface area contributed by atoms with Gasteiger partial charge in [0.2, 0.25) is 0 Å². The van der Waals surface area contributed by atoms with Crippen molar-refractivity contribution in [1.82, 2.24) is 9.80 Å². The van der Waals surface area contributed by atoms with Gasteiger partial charge in [-0.25, -0.2) is 0 Å². The molecule has 0 spiro atoms. The zero-order valence-corrected chi connectivity index (χ0v) is 11.7. The molecule has 3 nitrogen and oxygen atoms in total. The second kappa shape index (κ2) is 5.72. The molecule has 0 amide bonds. The molecule has 2 rings (SSSR count). The molecule has 0 aromatic heterocycles. The fourth-order valence-corrected chi connectivity index (χ4v) is 2.74. The van der Waals surface area contributed by atoms with E-state index in [-0.39, 0.29) is 0 Å². The summed E-state index contributed by atoms with van der Waals surface area (Å²) in [7, 11) is 4.34. The topological polar surface area (TPSA) is 26.7 Å². The molecule has 1 unspecified atom stereocenters. The average Bonchev–Trinajstić information content (AvgIpc) is 2.34. The molecule has 0 saturated carbocycles. The van der Waals surface area contributed by atoms with Crippen molar-refractivity contribution >= 4 is 0 Å². The number of hydrogen-bond acceptors (Lipinski definition) is 3. The number of nitrogens with zero attached hydrogens (tertiary/aromatic N) is 2. The van der Waals surface area contributed by atoms with Crippen LogP contribution in [-0.4, -0.2) is 48.1 Å². The molecule has 0 bridgehead atoms. The van der Waals surface area contributed by atoms with Crippen molar-refractivity contribution in [2.45, 2.75) is 32.4 Å². The first-order chi connectivity index (χ1) is 8.56.